The minimum Gasteiger partial charge on any atom is -0.478 e. The molecule has 0 saturated carbocycles. The molecule has 1 aromatic carbocycles. The molecular weight excluding hydrogens is 156 g/mol. The van der Waals surface area contributed by atoms with Crippen molar-refractivity contribution in [3.63, 3.8) is 0 Å². The summed E-state index contributed by atoms with van der Waals surface area (Å²) in [5, 5.41) is 8.72. The van der Waals surface area contributed by atoms with Gasteiger partial charge < -0.3 is 16.6 Å². The van der Waals surface area contributed by atoms with Crippen molar-refractivity contribution in [1.82, 2.24) is 0 Å². The van der Waals surface area contributed by atoms with E-state index in [0.29, 0.717) is 11.3 Å². The van der Waals surface area contributed by atoms with Crippen molar-refractivity contribution in [1.29, 1.82) is 0 Å². The number of hydrogen-bond donors (Lipinski definition) is 3. The highest BCUT2D eigenvalue weighted by Gasteiger charge is 2.11. The second-order valence-electron chi connectivity index (χ2n) is 2.61. The first-order valence-electron chi connectivity index (χ1n) is 3.41. The normalized spacial score (nSPS) is 9.75. The van der Waals surface area contributed by atoms with Crippen LogP contribution >= 0.6 is 0 Å². The van der Waals surface area contributed by atoms with E-state index in [-0.39, 0.29) is 11.3 Å². The van der Waals surface area contributed by atoms with E-state index < -0.39 is 5.97 Å². The van der Waals surface area contributed by atoms with Gasteiger partial charge in [0.2, 0.25) is 0 Å². The summed E-state index contributed by atoms with van der Waals surface area (Å²) in [6.07, 6.45) is 0. The largest absolute Gasteiger partial charge is 0.478 e. The SMILES string of the molecule is Cc1cc(N)cc(N)c1C(=O)O. The Balaban J connectivity index is 3.38. The van der Waals surface area contributed by atoms with Crippen LogP contribution in [-0.2, 0) is 0 Å². The predicted octanol–water partition coefficient (Wildman–Crippen LogP) is 0.858. The molecule has 0 radical (unpaired) electrons. The third-order valence-corrected chi connectivity index (χ3v) is 1.60. The monoisotopic (exact) mass is 166 g/mol. The molecule has 0 fully saturated rings. The molecule has 4 nitrogen and oxygen atoms in total. The molecule has 0 atom stereocenters. The van der Waals surface area contributed by atoms with Crippen LogP contribution in [0.2, 0.25) is 0 Å². The van der Waals surface area contributed by atoms with Gasteiger partial charge in [0.1, 0.15) is 0 Å². The Morgan fingerprint density at radius 3 is 2.42 bits per heavy atom. The van der Waals surface area contributed by atoms with E-state index in [4.69, 9.17) is 16.6 Å². The lowest BCUT2D eigenvalue weighted by Crippen LogP contribution is -2.05. The van der Waals surface area contributed by atoms with E-state index in [0.717, 1.165) is 0 Å². The molecule has 64 valence electrons. The van der Waals surface area contributed by atoms with Crippen LogP contribution in [0.5, 0.6) is 0 Å². The second kappa shape index (κ2) is 2.73. The second-order valence-corrected chi connectivity index (χ2v) is 2.61. The number of carboxylic acids is 1. The smallest absolute Gasteiger partial charge is 0.338 e. The Kier molecular flexibility index (Phi) is 1.91. The van der Waals surface area contributed by atoms with Gasteiger partial charge in [0.25, 0.3) is 0 Å². The van der Waals surface area contributed by atoms with Crippen LogP contribution in [0.25, 0.3) is 0 Å². The van der Waals surface area contributed by atoms with E-state index in [1.165, 1.54) is 6.07 Å². The highest BCUT2D eigenvalue weighted by atomic mass is 16.4. The third-order valence-electron chi connectivity index (χ3n) is 1.60. The van der Waals surface area contributed by atoms with Gasteiger partial charge in [-0.3, -0.25) is 0 Å². The quantitative estimate of drug-likeness (QED) is 0.540. The van der Waals surface area contributed by atoms with Crippen LogP contribution in [0.3, 0.4) is 0 Å². The molecule has 0 spiro atoms. The molecule has 5 N–H and O–H groups in total. The molecule has 0 unspecified atom stereocenters. The Hall–Kier alpha value is -1.71. The average Bonchev–Trinajstić information content (AvgIpc) is 1.82. The maximum atomic E-state index is 10.6. The lowest BCUT2D eigenvalue weighted by Gasteiger charge is -2.05. The number of benzene rings is 1. The van der Waals surface area contributed by atoms with Crippen molar-refractivity contribution in [3.05, 3.63) is 23.3 Å². The summed E-state index contributed by atoms with van der Waals surface area (Å²) in [6.45, 7) is 1.66. The zero-order chi connectivity index (χ0) is 9.30. The number of aromatic carboxylic acids is 1. The summed E-state index contributed by atoms with van der Waals surface area (Å²) >= 11 is 0. The number of anilines is 2. The van der Waals surface area contributed by atoms with E-state index >= 15 is 0 Å². The summed E-state index contributed by atoms with van der Waals surface area (Å²) in [5.74, 6) is -1.02. The van der Waals surface area contributed by atoms with Crippen molar-refractivity contribution < 1.29 is 9.90 Å². The number of nitrogens with two attached hydrogens (primary N) is 2. The van der Waals surface area contributed by atoms with Gasteiger partial charge in [-0.15, -0.1) is 0 Å². The Morgan fingerprint density at radius 1 is 1.42 bits per heavy atom. The molecule has 0 heterocycles. The lowest BCUT2D eigenvalue weighted by atomic mass is 10.1. The molecule has 0 amide bonds. The predicted molar refractivity (Wildman–Crippen MR) is 47.0 cm³/mol. The lowest BCUT2D eigenvalue weighted by molar-refractivity contribution is 0.0697. The van der Waals surface area contributed by atoms with E-state index in [9.17, 15) is 4.79 Å². The molecular formula is C8H10N2O2. The number of hydrogen-bond acceptors (Lipinski definition) is 3. The summed E-state index contributed by atoms with van der Waals surface area (Å²) in [6, 6.07) is 3.02. The first-order chi connectivity index (χ1) is 5.52. The van der Waals surface area contributed by atoms with Gasteiger partial charge >= 0.3 is 5.97 Å². The number of rotatable bonds is 1. The minimum absolute atomic E-state index is 0.129. The molecule has 0 bridgehead atoms. The van der Waals surface area contributed by atoms with E-state index in [1.54, 1.807) is 13.0 Å². The molecule has 0 aliphatic heterocycles. The minimum atomic E-state index is -1.02. The van der Waals surface area contributed by atoms with Crippen molar-refractivity contribution in [3.8, 4) is 0 Å². The maximum Gasteiger partial charge on any atom is 0.338 e. The first kappa shape index (κ1) is 8.39. The van der Waals surface area contributed by atoms with Crippen molar-refractivity contribution >= 4 is 17.3 Å². The molecule has 0 saturated heterocycles. The first-order valence-corrected chi connectivity index (χ1v) is 3.41. The molecule has 1 aromatic rings. The fourth-order valence-electron chi connectivity index (χ4n) is 1.14. The van der Waals surface area contributed by atoms with Gasteiger partial charge in [0, 0.05) is 11.4 Å². The van der Waals surface area contributed by atoms with E-state index in [2.05, 4.69) is 0 Å². The number of nitrogen functional groups attached to an aromatic ring is 2. The van der Waals surface area contributed by atoms with Gasteiger partial charge in [-0.2, -0.15) is 0 Å². The highest BCUT2D eigenvalue weighted by Crippen LogP contribution is 2.20. The summed E-state index contributed by atoms with van der Waals surface area (Å²) < 4.78 is 0. The molecule has 0 aliphatic rings. The van der Waals surface area contributed by atoms with Gasteiger partial charge in [-0.25, -0.2) is 4.79 Å². The van der Waals surface area contributed by atoms with Crippen molar-refractivity contribution in [2.75, 3.05) is 11.5 Å². The molecule has 0 aliphatic carbocycles. The standard InChI is InChI=1S/C8H10N2O2/c1-4-2-5(9)3-6(10)7(4)8(11)12/h2-3H,9-10H2,1H3,(H,11,12). The van der Waals surface area contributed by atoms with Crippen LogP contribution in [-0.4, -0.2) is 11.1 Å². The zero-order valence-corrected chi connectivity index (χ0v) is 6.66. The molecule has 12 heavy (non-hydrogen) atoms. The van der Waals surface area contributed by atoms with Crippen molar-refractivity contribution in [2.24, 2.45) is 0 Å². The highest BCUT2D eigenvalue weighted by molar-refractivity contribution is 5.96. The summed E-state index contributed by atoms with van der Waals surface area (Å²) in [4.78, 5) is 10.6. The Bertz CT molecular complexity index is 311. The fourth-order valence-corrected chi connectivity index (χ4v) is 1.14. The number of carboxylic acid groups (broad SMARTS) is 1. The van der Waals surface area contributed by atoms with Crippen LogP contribution in [0, 0.1) is 6.92 Å². The van der Waals surface area contributed by atoms with Crippen LogP contribution in [0.1, 0.15) is 15.9 Å². The Morgan fingerprint density at radius 2 is 2.00 bits per heavy atom. The van der Waals surface area contributed by atoms with Gasteiger partial charge in [-0.1, -0.05) is 0 Å². The van der Waals surface area contributed by atoms with E-state index in [1.807, 2.05) is 0 Å². The molecule has 0 aromatic heterocycles. The molecule has 1 rings (SSSR count). The average molecular weight is 166 g/mol. The molecule has 4 heteroatoms. The zero-order valence-electron chi connectivity index (χ0n) is 6.66. The van der Waals surface area contributed by atoms with Gasteiger partial charge in [0.15, 0.2) is 0 Å². The number of aryl methyl sites for hydroxylation is 1. The summed E-state index contributed by atoms with van der Waals surface area (Å²) in [5.41, 5.74) is 12.3. The maximum absolute atomic E-state index is 10.6. The van der Waals surface area contributed by atoms with Gasteiger partial charge in [-0.05, 0) is 24.6 Å². The van der Waals surface area contributed by atoms with Crippen LogP contribution < -0.4 is 11.5 Å². The third kappa shape index (κ3) is 1.32. The summed E-state index contributed by atoms with van der Waals surface area (Å²) in [7, 11) is 0. The fraction of sp³-hybridized carbons (Fsp3) is 0.125. The number of carbonyl (C=O) groups is 1. The van der Waals surface area contributed by atoms with Crippen molar-refractivity contribution in [2.45, 2.75) is 6.92 Å². The van der Waals surface area contributed by atoms with Crippen LogP contribution in [0.15, 0.2) is 12.1 Å². The topological polar surface area (TPSA) is 89.3 Å². The van der Waals surface area contributed by atoms with Gasteiger partial charge in [0.05, 0.1) is 5.56 Å². The Labute approximate surface area is 69.8 Å². The van der Waals surface area contributed by atoms with Crippen LogP contribution in [0.4, 0.5) is 11.4 Å².